The molecule has 1 rings (SSSR count). The minimum Gasteiger partial charge on any atom is -0.383 e. The van der Waals surface area contributed by atoms with Gasteiger partial charge in [0.25, 0.3) is 0 Å². The van der Waals surface area contributed by atoms with Crippen LogP contribution in [0.2, 0.25) is 0 Å². The molecule has 3 heteroatoms. The molecule has 1 fully saturated rings. The Morgan fingerprint density at radius 2 is 2.18 bits per heavy atom. The summed E-state index contributed by atoms with van der Waals surface area (Å²) in [5, 5.41) is 3.32. The number of hydrogen-bond donors (Lipinski definition) is 2. The van der Waals surface area contributed by atoms with Gasteiger partial charge in [0.2, 0.25) is 0 Å². The van der Waals surface area contributed by atoms with Gasteiger partial charge in [-0.25, -0.2) is 0 Å². The highest BCUT2D eigenvalue weighted by Gasteiger charge is 2.19. The van der Waals surface area contributed by atoms with Crippen molar-refractivity contribution in [1.82, 2.24) is 5.32 Å². The third-order valence-electron chi connectivity index (χ3n) is 2.35. The van der Waals surface area contributed by atoms with Gasteiger partial charge >= 0.3 is 0 Å². The van der Waals surface area contributed by atoms with E-state index in [1.165, 1.54) is 12.8 Å². The largest absolute Gasteiger partial charge is 0.383 e. The molecule has 0 saturated carbocycles. The third kappa shape index (κ3) is 2.77. The number of ether oxygens (including phenoxy) is 1. The van der Waals surface area contributed by atoms with E-state index in [0.29, 0.717) is 12.5 Å². The summed E-state index contributed by atoms with van der Waals surface area (Å²) in [6.07, 6.45) is 2.40. The second kappa shape index (κ2) is 4.70. The molecule has 0 spiro atoms. The van der Waals surface area contributed by atoms with Crippen molar-refractivity contribution in [3.8, 4) is 0 Å². The van der Waals surface area contributed by atoms with Crippen molar-refractivity contribution in [3.63, 3.8) is 0 Å². The molecule has 1 saturated heterocycles. The summed E-state index contributed by atoms with van der Waals surface area (Å²) in [6, 6.07) is 0.238. The summed E-state index contributed by atoms with van der Waals surface area (Å²) in [5.74, 6) is 0.663. The van der Waals surface area contributed by atoms with Crippen LogP contribution in [0.3, 0.4) is 0 Å². The predicted molar refractivity (Wildman–Crippen MR) is 45.4 cm³/mol. The SMILES string of the molecule is COCC(N)C1CCNCC1. The van der Waals surface area contributed by atoms with Crippen LogP contribution in [0.5, 0.6) is 0 Å². The van der Waals surface area contributed by atoms with Gasteiger partial charge in [0, 0.05) is 13.2 Å². The van der Waals surface area contributed by atoms with Crippen molar-refractivity contribution in [2.75, 3.05) is 26.8 Å². The van der Waals surface area contributed by atoms with Crippen LogP contribution in [0.15, 0.2) is 0 Å². The fraction of sp³-hybridized carbons (Fsp3) is 1.00. The van der Waals surface area contributed by atoms with Gasteiger partial charge in [-0.2, -0.15) is 0 Å². The Bertz CT molecular complexity index is 102. The number of hydrogen-bond acceptors (Lipinski definition) is 3. The molecule has 0 bridgehead atoms. The van der Waals surface area contributed by atoms with Gasteiger partial charge in [-0.05, 0) is 31.8 Å². The molecule has 1 aliphatic rings. The molecule has 0 aromatic carbocycles. The summed E-state index contributed by atoms with van der Waals surface area (Å²) in [5.41, 5.74) is 5.91. The van der Waals surface area contributed by atoms with Crippen LogP contribution in [-0.4, -0.2) is 32.8 Å². The number of rotatable bonds is 3. The molecule has 0 amide bonds. The van der Waals surface area contributed by atoms with Crippen molar-refractivity contribution in [2.24, 2.45) is 11.7 Å². The highest BCUT2D eigenvalue weighted by molar-refractivity contribution is 4.77. The normalized spacial score (nSPS) is 23.5. The molecule has 1 heterocycles. The maximum atomic E-state index is 5.91. The lowest BCUT2D eigenvalue weighted by Crippen LogP contribution is -2.40. The first-order valence-electron chi connectivity index (χ1n) is 4.30. The summed E-state index contributed by atoms with van der Waals surface area (Å²) in [7, 11) is 1.71. The van der Waals surface area contributed by atoms with E-state index in [2.05, 4.69) is 5.32 Å². The Balaban J connectivity index is 2.21. The van der Waals surface area contributed by atoms with Gasteiger partial charge in [0.15, 0.2) is 0 Å². The molecule has 3 N–H and O–H groups in total. The zero-order valence-electron chi connectivity index (χ0n) is 7.18. The van der Waals surface area contributed by atoms with Crippen LogP contribution in [0.1, 0.15) is 12.8 Å². The van der Waals surface area contributed by atoms with E-state index in [-0.39, 0.29) is 6.04 Å². The fourth-order valence-electron chi connectivity index (χ4n) is 1.60. The molecule has 0 aromatic rings. The number of nitrogens with two attached hydrogens (primary N) is 1. The van der Waals surface area contributed by atoms with Crippen LogP contribution in [0.25, 0.3) is 0 Å². The van der Waals surface area contributed by atoms with Crippen molar-refractivity contribution >= 4 is 0 Å². The Hall–Kier alpha value is -0.120. The molecule has 66 valence electrons. The van der Waals surface area contributed by atoms with E-state index >= 15 is 0 Å². The van der Waals surface area contributed by atoms with Crippen molar-refractivity contribution in [2.45, 2.75) is 18.9 Å². The second-order valence-electron chi connectivity index (χ2n) is 3.21. The number of nitrogens with one attached hydrogen (secondary N) is 1. The van der Waals surface area contributed by atoms with E-state index in [0.717, 1.165) is 13.1 Å². The zero-order valence-corrected chi connectivity index (χ0v) is 7.18. The molecular formula is C8H18N2O. The van der Waals surface area contributed by atoms with Crippen LogP contribution in [-0.2, 0) is 4.74 Å². The van der Waals surface area contributed by atoms with Crippen LogP contribution >= 0.6 is 0 Å². The van der Waals surface area contributed by atoms with Crippen LogP contribution in [0, 0.1) is 5.92 Å². The Morgan fingerprint density at radius 3 is 2.73 bits per heavy atom. The molecule has 0 aromatic heterocycles. The highest BCUT2D eigenvalue weighted by atomic mass is 16.5. The molecule has 1 unspecified atom stereocenters. The molecule has 11 heavy (non-hydrogen) atoms. The third-order valence-corrected chi connectivity index (χ3v) is 2.35. The summed E-state index contributed by atoms with van der Waals surface area (Å²) in [6.45, 7) is 2.93. The molecule has 0 aliphatic carbocycles. The minimum atomic E-state index is 0.238. The maximum Gasteiger partial charge on any atom is 0.0616 e. The first-order chi connectivity index (χ1) is 5.34. The van der Waals surface area contributed by atoms with Gasteiger partial charge < -0.3 is 15.8 Å². The average molecular weight is 158 g/mol. The first kappa shape index (κ1) is 8.97. The van der Waals surface area contributed by atoms with Crippen LogP contribution in [0.4, 0.5) is 0 Å². The Labute approximate surface area is 68.3 Å². The van der Waals surface area contributed by atoms with Crippen LogP contribution < -0.4 is 11.1 Å². The molecule has 3 nitrogen and oxygen atoms in total. The summed E-state index contributed by atoms with van der Waals surface area (Å²) >= 11 is 0. The van der Waals surface area contributed by atoms with E-state index in [1.807, 2.05) is 0 Å². The standard InChI is InChI=1S/C8H18N2O/c1-11-6-8(9)7-2-4-10-5-3-7/h7-8,10H,2-6,9H2,1H3. The number of piperidine rings is 1. The highest BCUT2D eigenvalue weighted by Crippen LogP contribution is 2.14. The minimum absolute atomic E-state index is 0.238. The molecule has 1 aliphatic heterocycles. The predicted octanol–water partition coefficient (Wildman–Crippen LogP) is -0.0403. The lowest BCUT2D eigenvalue weighted by Gasteiger charge is -2.27. The maximum absolute atomic E-state index is 5.91. The summed E-state index contributed by atoms with van der Waals surface area (Å²) < 4.78 is 5.01. The van der Waals surface area contributed by atoms with E-state index in [1.54, 1.807) is 7.11 Å². The van der Waals surface area contributed by atoms with Crippen molar-refractivity contribution in [1.29, 1.82) is 0 Å². The van der Waals surface area contributed by atoms with E-state index in [9.17, 15) is 0 Å². The van der Waals surface area contributed by atoms with Gasteiger partial charge in [0.05, 0.1) is 6.61 Å². The number of methoxy groups -OCH3 is 1. The average Bonchev–Trinajstić information content (AvgIpc) is 2.07. The Kier molecular flexibility index (Phi) is 3.83. The van der Waals surface area contributed by atoms with Gasteiger partial charge in [0.1, 0.15) is 0 Å². The van der Waals surface area contributed by atoms with E-state index in [4.69, 9.17) is 10.5 Å². The summed E-state index contributed by atoms with van der Waals surface area (Å²) in [4.78, 5) is 0. The fourth-order valence-corrected chi connectivity index (χ4v) is 1.60. The lowest BCUT2D eigenvalue weighted by atomic mass is 9.91. The lowest BCUT2D eigenvalue weighted by molar-refractivity contribution is 0.146. The molecule has 1 atom stereocenters. The quantitative estimate of drug-likeness (QED) is 0.606. The van der Waals surface area contributed by atoms with Gasteiger partial charge in [-0.1, -0.05) is 0 Å². The second-order valence-corrected chi connectivity index (χ2v) is 3.21. The first-order valence-corrected chi connectivity index (χ1v) is 4.30. The molecule has 0 radical (unpaired) electrons. The van der Waals surface area contributed by atoms with Crippen molar-refractivity contribution in [3.05, 3.63) is 0 Å². The topological polar surface area (TPSA) is 47.3 Å². The van der Waals surface area contributed by atoms with E-state index < -0.39 is 0 Å². The molecular weight excluding hydrogens is 140 g/mol. The van der Waals surface area contributed by atoms with Crippen molar-refractivity contribution < 1.29 is 4.74 Å². The van der Waals surface area contributed by atoms with Gasteiger partial charge in [-0.3, -0.25) is 0 Å². The smallest absolute Gasteiger partial charge is 0.0616 e. The zero-order chi connectivity index (χ0) is 8.10. The Morgan fingerprint density at radius 1 is 1.55 bits per heavy atom. The van der Waals surface area contributed by atoms with Gasteiger partial charge in [-0.15, -0.1) is 0 Å². The monoisotopic (exact) mass is 158 g/mol.